The maximum atomic E-state index is 13.5. The van der Waals surface area contributed by atoms with E-state index < -0.39 is 23.2 Å². The van der Waals surface area contributed by atoms with Gasteiger partial charge in [-0.3, -0.25) is 0 Å². The largest absolute Gasteiger partial charge is 0.416 e. The highest BCUT2D eigenvalue weighted by Gasteiger charge is 2.38. The van der Waals surface area contributed by atoms with Crippen LogP contribution in [0.3, 0.4) is 0 Å². The Morgan fingerprint density at radius 2 is 2.00 bits per heavy atom. The maximum absolute atomic E-state index is 13.5. The van der Waals surface area contributed by atoms with Crippen LogP contribution in [-0.4, -0.2) is 25.8 Å². The average molecular weight is 263 g/mol. The molecule has 0 saturated carbocycles. The summed E-state index contributed by atoms with van der Waals surface area (Å²) in [7, 11) is 1.48. The molecule has 1 saturated heterocycles. The van der Waals surface area contributed by atoms with E-state index in [-0.39, 0.29) is 12.0 Å². The van der Waals surface area contributed by atoms with Gasteiger partial charge in [-0.05, 0) is 23.8 Å². The molecule has 1 aliphatic rings. The first kappa shape index (κ1) is 13.3. The van der Waals surface area contributed by atoms with Gasteiger partial charge in [0.2, 0.25) is 0 Å². The van der Waals surface area contributed by atoms with Crippen molar-refractivity contribution in [1.29, 1.82) is 0 Å². The van der Waals surface area contributed by atoms with Crippen molar-refractivity contribution in [3.05, 3.63) is 35.1 Å². The monoisotopic (exact) mass is 263 g/mol. The van der Waals surface area contributed by atoms with E-state index in [4.69, 9.17) is 4.74 Å². The Morgan fingerprint density at radius 1 is 1.33 bits per heavy atom. The molecule has 0 atom stereocenters. The highest BCUT2D eigenvalue weighted by atomic mass is 19.4. The first-order valence-corrected chi connectivity index (χ1v) is 5.48. The van der Waals surface area contributed by atoms with Crippen molar-refractivity contribution in [1.82, 2.24) is 5.32 Å². The summed E-state index contributed by atoms with van der Waals surface area (Å²) in [5, 5.41) is 2.97. The van der Waals surface area contributed by atoms with Crippen LogP contribution in [0.5, 0.6) is 0 Å². The fourth-order valence-corrected chi connectivity index (χ4v) is 1.98. The summed E-state index contributed by atoms with van der Waals surface area (Å²) in [4.78, 5) is 0. The van der Waals surface area contributed by atoms with Gasteiger partial charge >= 0.3 is 6.18 Å². The van der Waals surface area contributed by atoms with Crippen LogP contribution in [0, 0.1) is 5.82 Å². The van der Waals surface area contributed by atoms with Crippen LogP contribution in [0.15, 0.2) is 18.2 Å². The molecular formula is C12H13F4NO. The Hall–Kier alpha value is -1.14. The molecule has 1 aliphatic heterocycles. The maximum Gasteiger partial charge on any atom is 0.416 e. The van der Waals surface area contributed by atoms with Crippen LogP contribution in [-0.2, 0) is 17.3 Å². The number of halogens is 4. The molecule has 100 valence electrons. The summed E-state index contributed by atoms with van der Waals surface area (Å²) in [6.45, 7) is 1.03. The molecule has 2 nitrogen and oxygen atoms in total. The van der Waals surface area contributed by atoms with E-state index in [1.54, 1.807) is 0 Å². The SMILES string of the molecule is COC1(Cc2cc(C(F)(F)F)ccc2F)CNC1. The standard InChI is InChI=1S/C12H13F4NO/c1-18-11(6-17-7-11)5-8-4-9(12(14,15)16)2-3-10(8)13/h2-4,17H,5-7H2,1H3. The molecule has 2 rings (SSSR count). The van der Waals surface area contributed by atoms with Gasteiger partial charge in [0.05, 0.1) is 11.2 Å². The second-order valence-corrected chi connectivity index (χ2v) is 4.47. The lowest BCUT2D eigenvalue weighted by Gasteiger charge is -2.41. The van der Waals surface area contributed by atoms with Crippen LogP contribution < -0.4 is 5.32 Å². The van der Waals surface area contributed by atoms with Crippen LogP contribution >= 0.6 is 0 Å². The first-order valence-electron chi connectivity index (χ1n) is 5.48. The Labute approximate surface area is 102 Å². The zero-order valence-electron chi connectivity index (χ0n) is 9.77. The van der Waals surface area contributed by atoms with E-state index in [2.05, 4.69) is 5.32 Å². The van der Waals surface area contributed by atoms with E-state index >= 15 is 0 Å². The molecule has 1 N–H and O–H groups in total. The third-order valence-corrected chi connectivity index (χ3v) is 3.21. The van der Waals surface area contributed by atoms with Crippen LogP contribution in [0.1, 0.15) is 11.1 Å². The van der Waals surface area contributed by atoms with E-state index in [1.807, 2.05) is 0 Å². The number of hydrogen-bond donors (Lipinski definition) is 1. The second-order valence-electron chi connectivity index (χ2n) is 4.47. The molecule has 0 bridgehead atoms. The average Bonchev–Trinajstić information content (AvgIpc) is 2.24. The molecular weight excluding hydrogens is 250 g/mol. The van der Waals surface area contributed by atoms with Gasteiger partial charge in [-0.15, -0.1) is 0 Å². The Morgan fingerprint density at radius 3 is 2.44 bits per heavy atom. The van der Waals surface area contributed by atoms with Crippen LogP contribution in [0.4, 0.5) is 17.6 Å². The molecule has 18 heavy (non-hydrogen) atoms. The van der Waals surface area contributed by atoms with Gasteiger partial charge < -0.3 is 10.1 Å². The van der Waals surface area contributed by atoms with Gasteiger partial charge in [-0.25, -0.2) is 4.39 Å². The number of rotatable bonds is 3. The van der Waals surface area contributed by atoms with E-state index in [0.29, 0.717) is 13.1 Å². The predicted molar refractivity (Wildman–Crippen MR) is 57.7 cm³/mol. The summed E-state index contributed by atoms with van der Waals surface area (Å²) in [6, 6.07) is 2.46. The third-order valence-electron chi connectivity index (χ3n) is 3.21. The quantitative estimate of drug-likeness (QED) is 0.845. The molecule has 0 radical (unpaired) electrons. The third kappa shape index (κ3) is 2.49. The summed E-state index contributed by atoms with van der Waals surface area (Å²) >= 11 is 0. The summed E-state index contributed by atoms with van der Waals surface area (Å²) < 4.78 is 56.4. The molecule has 0 aliphatic carbocycles. The number of alkyl halides is 3. The lowest BCUT2D eigenvalue weighted by atomic mass is 9.88. The summed E-state index contributed by atoms with van der Waals surface area (Å²) in [6.07, 6.45) is -4.33. The van der Waals surface area contributed by atoms with Crippen molar-refractivity contribution in [3.8, 4) is 0 Å². The van der Waals surface area contributed by atoms with Crippen molar-refractivity contribution >= 4 is 0 Å². The van der Waals surface area contributed by atoms with Crippen molar-refractivity contribution in [2.75, 3.05) is 20.2 Å². The molecule has 0 aromatic heterocycles. The van der Waals surface area contributed by atoms with Gasteiger partial charge in [0, 0.05) is 26.6 Å². The minimum atomic E-state index is -4.46. The van der Waals surface area contributed by atoms with Gasteiger partial charge in [-0.1, -0.05) is 0 Å². The molecule has 0 unspecified atom stereocenters. The zero-order chi connectivity index (χ0) is 13.4. The van der Waals surface area contributed by atoms with E-state index in [1.165, 1.54) is 7.11 Å². The minimum Gasteiger partial charge on any atom is -0.375 e. The Kier molecular flexibility index (Phi) is 3.33. The van der Waals surface area contributed by atoms with Gasteiger partial charge in [0.15, 0.2) is 0 Å². The number of hydrogen-bond acceptors (Lipinski definition) is 2. The number of ether oxygens (including phenoxy) is 1. The minimum absolute atomic E-state index is 0.0353. The first-order chi connectivity index (χ1) is 8.36. The van der Waals surface area contributed by atoms with Crippen molar-refractivity contribution in [2.45, 2.75) is 18.2 Å². The van der Waals surface area contributed by atoms with Gasteiger partial charge in [-0.2, -0.15) is 13.2 Å². The Bertz CT molecular complexity index is 435. The van der Waals surface area contributed by atoms with Crippen molar-refractivity contribution < 1.29 is 22.3 Å². The molecule has 6 heteroatoms. The normalized spacial score (nSPS) is 18.5. The molecule has 0 amide bonds. The van der Waals surface area contributed by atoms with Crippen LogP contribution in [0.2, 0.25) is 0 Å². The smallest absolute Gasteiger partial charge is 0.375 e. The Balaban J connectivity index is 2.27. The fourth-order valence-electron chi connectivity index (χ4n) is 1.98. The second kappa shape index (κ2) is 4.51. The summed E-state index contributed by atoms with van der Waals surface area (Å²) in [5.41, 5.74) is -1.39. The predicted octanol–water partition coefficient (Wildman–Crippen LogP) is 2.38. The molecule has 1 fully saturated rings. The molecule has 0 spiro atoms. The number of methoxy groups -OCH3 is 1. The topological polar surface area (TPSA) is 21.3 Å². The van der Waals surface area contributed by atoms with Gasteiger partial charge in [0.25, 0.3) is 0 Å². The van der Waals surface area contributed by atoms with E-state index in [0.717, 1.165) is 18.2 Å². The van der Waals surface area contributed by atoms with E-state index in [9.17, 15) is 17.6 Å². The lowest BCUT2D eigenvalue weighted by Crippen LogP contribution is -2.62. The highest BCUT2D eigenvalue weighted by Crippen LogP contribution is 2.32. The molecule has 1 heterocycles. The fraction of sp³-hybridized carbons (Fsp3) is 0.500. The van der Waals surface area contributed by atoms with Crippen molar-refractivity contribution in [3.63, 3.8) is 0 Å². The summed E-state index contributed by atoms with van der Waals surface area (Å²) in [5.74, 6) is -0.633. The zero-order valence-corrected chi connectivity index (χ0v) is 9.77. The molecule has 1 aromatic rings. The number of benzene rings is 1. The highest BCUT2D eigenvalue weighted by molar-refractivity contribution is 5.29. The van der Waals surface area contributed by atoms with Crippen LogP contribution in [0.25, 0.3) is 0 Å². The number of nitrogens with one attached hydrogen (secondary N) is 1. The van der Waals surface area contributed by atoms with Gasteiger partial charge in [0.1, 0.15) is 5.82 Å². The van der Waals surface area contributed by atoms with Crippen molar-refractivity contribution in [2.24, 2.45) is 0 Å². The lowest BCUT2D eigenvalue weighted by molar-refractivity contribution is -0.137. The molecule has 1 aromatic carbocycles.